The van der Waals surface area contributed by atoms with Gasteiger partial charge in [-0.3, -0.25) is 10.2 Å². The van der Waals surface area contributed by atoms with Crippen molar-refractivity contribution in [2.75, 3.05) is 19.1 Å². The number of amides is 2. The van der Waals surface area contributed by atoms with Crippen molar-refractivity contribution in [1.82, 2.24) is 16.3 Å². The standard InChI is InChI=1S/C16H23N5O4/c1-10(2)25-14-6-5-13(7-12(14)8-17)19-21-20-16(23)18-9-11(3)15(22)24-4/h5-7,10-11,19,21H,9H2,1-4H3,(H2,18,20,23). The minimum Gasteiger partial charge on any atom is -0.490 e. The third kappa shape index (κ3) is 6.97. The number of urea groups is 1. The van der Waals surface area contributed by atoms with E-state index in [2.05, 4.69) is 32.5 Å². The number of methoxy groups -OCH3 is 1. The van der Waals surface area contributed by atoms with Crippen molar-refractivity contribution in [3.05, 3.63) is 23.8 Å². The molecule has 9 nitrogen and oxygen atoms in total. The number of ether oxygens (including phenoxy) is 2. The van der Waals surface area contributed by atoms with Gasteiger partial charge in [-0.25, -0.2) is 4.79 Å². The molecule has 1 aromatic carbocycles. The van der Waals surface area contributed by atoms with E-state index < -0.39 is 17.9 Å². The average Bonchev–Trinajstić information content (AvgIpc) is 2.59. The predicted octanol–water partition coefficient (Wildman–Crippen LogP) is 1.29. The minimum absolute atomic E-state index is 0.0400. The monoisotopic (exact) mass is 349 g/mol. The fourth-order valence-electron chi connectivity index (χ4n) is 1.79. The van der Waals surface area contributed by atoms with Crippen molar-refractivity contribution in [3.8, 4) is 11.8 Å². The molecule has 0 aromatic heterocycles. The zero-order valence-corrected chi connectivity index (χ0v) is 14.7. The molecule has 0 fully saturated rings. The summed E-state index contributed by atoms with van der Waals surface area (Å²) in [5, 5.41) is 11.7. The summed E-state index contributed by atoms with van der Waals surface area (Å²) >= 11 is 0. The normalized spacial score (nSPS) is 11.2. The minimum atomic E-state index is -0.525. The Morgan fingerprint density at radius 1 is 1.28 bits per heavy atom. The van der Waals surface area contributed by atoms with Gasteiger partial charge >= 0.3 is 12.0 Å². The van der Waals surface area contributed by atoms with E-state index in [9.17, 15) is 9.59 Å². The van der Waals surface area contributed by atoms with E-state index in [1.165, 1.54) is 7.11 Å². The predicted molar refractivity (Wildman–Crippen MR) is 91.4 cm³/mol. The van der Waals surface area contributed by atoms with Crippen LogP contribution in [-0.2, 0) is 9.53 Å². The molecule has 0 saturated heterocycles. The summed E-state index contributed by atoms with van der Waals surface area (Å²) in [6.07, 6.45) is -0.0400. The fraction of sp³-hybridized carbons (Fsp3) is 0.438. The van der Waals surface area contributed by atoms with Gasteiger partial charge in [0, 0.05) is 6.54 Å². The Balaban J connectivity index is 2.44. The number of nitrogens with one attached hydrogen (secondary N) is 4. The van der Waals surface area contributed by atoms with Crippen LogP contribution in [0.3, 0.4) is 0 Å². The topological polar surface area (TPSA) is 125 Å². The summed E-state index contributed by atoms with van der Waals surface area (Å²) in [5.41, 5.74) is 8.52. The van der Waals surface area contributed by atoms with Gasteiger partial charge in [0.15, 0.2) is 0 Å². The fourth-order valence-corrected chi connectivity index (χ4v) is 1.79. The van der Waals surface area contributed by atoms with E-state index in [1.54, 1.807) is 25.1 Å². The van der Waals surface area contributed by atoms with Crippen LogP contribution in [-0.4, -0.2) is 31.8 Å². The van der Waals surface area contributed by atoms with Crippen LogP contribution in [0.1, 0.15) is 26.3 Å². The molecular formula is C16H23N5O4. The third-order valence-corrected chi connectivity index (χ3v) is 3.02. The number of nitriles is 1. The van der Waals surface area contributed by atoms with Gasteiger partial charge in [0.05, 0.1) is 30.4 Å². The number of benzene rings is 1. The second kappa shape index (κ2) is 10.00. The highest BCUT2D eigenvalue weighted by Gasteiger charge is 2.13. The third-order valence-electron chi connectivity index (χ3n) is 3.02. The SMILES string of the molecule is COC(=O)C(C)CNC(=O)NNNc1ccc(OC(C)C)c(C#N)c1. The zero-order chi connectivity index (χ0) is 18.8. The molecule has 1 atom stereocenters. The van der Waals surface area contributed by atoms with Crippen LogP contribution in [0.2, 0.25) is 0 Å². The van der Waals surface area contributed by atoms with Crippen LogP contribution >= 0.6 is 0 Å². The highest BCUT2D eigenvalue weighted by molar-refractivity contribution is 5.76. The van der Waals surface area contributed by atoms with E-state index in [4.69, 9.17) is 10.00 Å². The number of carbonyl (C=O) groups is 2. The molecular weight excluding hydrogens is 326 g/mol. The van der Waals surface area contributed by atoms with Gasteiger partial charge in [0.1, 0.15) is 11.8 Å². The Bertz CT molecular complexity index is 642. The lowest BCUT2D eigenvalue weighted by atomic mass is 10.2. The van der Waals surface area contributed by atoms with E-state index in [0.29, 0.717) is 17.0 Å². The van der Waals surface area contributed by atoms with Crippen LogP contribution in [0.4, 0.5) is 10.5 Å². The number of carbonyl (C=O) groups excluding carboxylic acids is 2. The molecule has 0 bridgehead atoms. The van der Waals surface area contributed by atoms with Gasteiger partial charge in [0.2, 0.25) is 0 Å². The molecule has 1 rings (SSSR count). The highest BCUT2D eigenvalue weighted by atomic mass is 16.5. The summed E-state index contributed by atoms with van der Waals surface area (Å²) in [5.74, 6) is -0.361. The quantitative estimate of drug-likeness (QED) is 0.412. The summed E-state index contributed by atoms with van der Waals surface area (Å²) in [7, 11) is 1.29. The average molecular weight is 349 g/mol. The first-order chi connectivity index (χ1) is 11.9. The lowest BCUT2D eigenvalue weighted by Crippen LogP contribution is -2.48. The summed E-state index contributed by atoms with van der Waals surface area (Å²) in [6, 6.07) is 6.48. The van der Waals surface area contributed by atoms with Crippen molar-refractivity contribution in [2.24, 2.45) is 5.92 Å². The Kier molecular flexibility index (Phi) is 8.02. The Morgan fingerprint density at radius 3 is 2.60 bits per heavy atom. The number of nitrogens with zero attached hydrogens (tertiary/aromatic N) is 1. The molecule has 0 heterocycles. The second-order valence-electron chi connectivity index (χ2n) is 5.50. The van der Waals surface area contributed by atoms with Gasteiger partial charge in [-0.05, 0) is 32.0 Å². The number of rotatable bonds is 8. The van der Waals surface area contributed by atoms with Crippen molar-refractivity contribution in [2.45, 2.75) is 26.9 Å². The Labute approximate surface area is 146 Å². The first-order valence-corrected chi connectivity index (χ1v) is 7.70. The molecule has 25 heavy (non-hydrogen) atoms. The maximum Gasteiger partial charge on any atom is 0.330 e. The molecule has 1 unspecified atom stereocenters. The molecule has 0 aliphatic rings. The first-order valence-electron chi connectivity index (χ1n) is 7.70. The first kappa shape index (κ1) is 20.1. The maximum atomic E-state index is 11.6. The van der Waals surface area contributed by atoms with Gasteiger partial charge in [0.25, 0.3) is 0 Å². The molecule has 1 aromatic rings. The largest absolute Gasteiger partial charge is 0.490 e. The Morgan fingerprint density at radius 2 is 2.00 bits per heavy atom. The van der Waals surface area contributed by atoms with E-state index in [0.717, 1.165) is 0 Å². The smallest absolute Gasteiger partial charge is 0.330 e. The molecule has 2 amide bonds. The molecule has 9 heteroatoms. The zero-order valence-electron chi connectivity index (χ0n) is 14.7. The van der Waals surface area contributed by atoms with Crippen LogP contribution in [0.5, 0.6) is 5.75 Å². The molecule has 0 spiro atoms. The molecule has 0 saturated carbocycles. The maximum absolute atomic E-state index is 11.6. The van der Waals surface area contributed by atoms with Gasteiger partial charge in [-0.1, -0.05) is 6.92 Å². The number of hydrogen-bond donors (Lipinski definition) is 4. The molecule has 0 aliphatic heterocycles. The lowest BCUT2D eigenvalue weighted by Gasteiger charge is -2.14. The van der Waals surface area contributed by atoms with Crippen LogP contribution in [0.25, 0.3) is 0 Å². The molecule has 0 radical (unpaired) electrons. The molecule has 0 aliphatic carbocycles. The number of anilines is 1. The van der Waals surface area contributed by atoms with Gasteiger partial charge in [-0.15, -0.1) is 5.53 Å². The second-order valence-corrected chi connectivity index (χ2v) is 5.50. The van der Waals surface area contributed by atoms with Crippen LogP contribution < -0.4 is 26.4 Å². The number of hydrogen-bond acceptors (Lipinski definition) is 7. The number of hydrazine groups is 2. The highest BCUT2D eigenvalue weighted by Crippen LogP contribution is 2.22. The van der Waals surface area contributed by atoms with Crippen molar-refractivity contribution in [1.29, 1.82) is 5.26 Å². The summed E-state index contributed by atoms with van der Waals surface area (Å²) in [4.78, 5) is 22.8. The van der Waals surface area contributed by atoms with E-state index >= 15 is 0 Å². The molecule has 4 N–H and O–H groups in total. The van der Waals surface area contributed by atoms with Crippen molar-refractivity contribution >= 4 is 17.7 Å². The number of esters is 1. The lowest BCUT2D eigenvalue weighted by molar-refractivity contribution is -0.144. The van der Waals surface area contributed by atoms with Gasteiger partial charge < -0.3 is 20.2 Å². The van der Waals surface area contributed by atoms with E-state index in [1.807, 2.05) is 13.8 Å². The summed E-state index contributed by atoms with van der Waals surface area (Å²) < 4.78 is 10.1. The molecule has 136 valence electrons. The van der Waals surface area contributed by atoms with Crippen molar-refractivity contribution < 1.29 is 19.1 Å². The summed E-state index contributed by atoms with van der Waals surface area (Å²) in [6.45, 7) is 5.53. The van der Waals surface area contributed by atoms with Crippen LogP contribution in [0, 0.1) is 17.2 Å². The van der Waals surface area contributed by atoms with Crippen molar-refractivity contribution in [3.63, 3.8) is 0 Å². The van der Waals surface area contributed by atoms with Crippen LogP contribution in [0.15, 0.2) is 18.2 Å². The van der Waals surface area contributed by atoms with Gasteiger partial charge in [-0.2, -0.15) is 5.26 Å². The Hall–Kier alpha value is -2.99. The van der Waals surface area contributed by atoms with E-state index in [-0.39, 0.29) is 12.6 Å².